The largest absolute Gasteiger partial charge is 0.355 e. The fourth-order valence-electron chi connectivity index (χ4n) is 2.33. The number of hydrogen-bond donors (Lipinski definition) is 2. The molecule has 26 heavy (non-hydrogen) atoms. The van der Waals surface area contributed by atoms with Crippen LogP contribution < -0.4 is 16.2 Å². The molecule has 0 aliphatic rings. The minimum Gasteiger partial charge on any atom is -0.355 e. The second-order valence-electron chi connectivity index (χ2n) is 5.84. The molecule has 7 nitrogen and oxygen atoms in total. The standard InChI is InChI=1S/C17H21ClN4O3S/c1-4-19-14(23)8-20-15(24)9-26-17-21-13-7-11(18)5-6-12(13)16(25)22(17)10(2)3/h5-7,10H,4,8-9H2,1-3H3,(H,19,23)(H,20,24). The quantitative estimate of drug-likeness (QED) is 0.551. The first-order chi connectivity index (χ1) is 12.3. The molecule has 1 heterocycles. The summed E-state index contributed by atoms with van der Waals surface area (Å²) in [6.07, 6.45) is 0. The maximum Gasteiger partial charge on any atom is 0.262 e. The predicted molar refractivity (Wildman–Crippen MR) is 104 cm³/mol. The van der Waals surface area contributed by atoms with Crippen molar-refractivity contribution in [3.8, 4) is 0 Å². The van der Waals surface area contributed by atoms with Crippen LogP contribution in [0.3, 0.4) is 0 Å². The Kier molecular flexibility index (Phi) is 7.05. The van der Waals surface area contributed by atoms with Gasteiger partial charge in [0, 0.05) is 17.6 Å². The van der Waals surface area contributed by atoms with Crippen LogP contribution in [0.1, 0.15) is 26.8 Å². The van der Waals surface area contributed by atoms with Crippen molar-refractivity contribution < 1.29 is 9.59 Å². The van der Waals surface area contributed by atoms with Crippen LogP contribution in [0.15, 0.2) is 28.2 Å². The summed E-state index contributed by atoms with van der Waals surface area (Å²) in [7, 11) is 0. The molecule has 0 saturated heterocycles. The SMILES string of the molecule is CCNC(=O)CNC(=O)CSc1nc2cc(Cl)ccc2c(=O)n1C(C)C. The van der Waals surface area contributed by atoms with Gasteiger partial charge in [-0.05, 0) is 39.0 Å². The zero-order valence-corrected chi connectivity index (χ0v) is 16.4. The number of carbonyl (C=O) groups is 2. The summed E-state index contributed by atoms with van der Waals surface area (Å²) in [5.74, 6) is -0.509. The van der Waals surface area contributed by atoms with Gasteiger partial charge in [-0.15, -0.1) is 0 Å². The lowest BCUT2D eigenvalue weighted by Gasteiger charge is -2.16. The molecule has 0 radical (unpaired) electrons. The van der Waals surface area contributed by atoms with Crippen LogP contribution in [-0.2, 0) is 9.59 Å². The van der Waals surface area contributed by atoms with Gasteiger partial charge >= 0.3 is 0 Å². The number of nitrogens with zero attached hydrogens (tertiary/aromatic N) is 2. The number of halogens is 1. The van der Waals surface area contributed by atoms with Crippen LogP contribution in [-0.4, -0.2) is 40.2 Å². The molecule has 0 bridgehead atoms. The number of hydrogen-bond acceptors (Lipinski definition) is 5. The van der Waals surface area contributed by atoms with Gasteiger partial charge < -0.3 is 10.6 Å². The van der Waals surface area contributed by atoms with Gasteiger partial charge in [0.05, 0.1) is 23.2 Å². The van der Waals surface area contributed by atoms with Gasteiger partial charge in [0.1, 0.15) is 0 Å². The van der Waals surface area contributed by atoms with Gasteiger partial charge in [-0.2, -0.15) is 0 Å². The number of rotatable bonds is 7. The van der Waals surface area contributed by atoms with E-state index in [2.05, 4.69) is 15.6 Å². The number of carbonyl (C=O) groups excluding carboxylic acids is 2. The van der Waals surface area contributed by atoms with Gasteiger partial charge in [0.25, 0.3) is 5.56 Å². The van der Waals surface area contributed by atoms with E-state index in [4.69, 9.17) is 11.6 Å². The second kappa shape index (κ2) is 9.05. The third kappa shape index (κ3) is 4.98. The second-order valence-corrected chi connectivity index (χ2v) is 7.22. The summed E-state index contributed by atoms with van der Waals surface area (Å²) in [5, 5.41) is 6.55. The summed E-state index contributed by atoms with van der Waals surface area (Å²) in [6, 6.07) is 4.82. The highest BCUT2D eigenvalue weighted by molar-refractivity contribution is 7.99. The van der Waals surface area contributed by atoms with Crippen LogP contribution in [0.5, 0.6) is 0 Å². The van der Waals surface area contributed by atoms with Crippen molar-refractivity contribution in [2.24, 2.45) is 0 Å². The molecule has 1 aromatic carbocycles. The summed E-state index contributed by atoms with van der Waals surface area (Å²) in [5.41, 5.74) is 0.316. The average molecular weight is 397 g/mol. The fourth-order valence-corrected chi connectivity index (χ4v) is 3.45. The molecule has 0 fully saturated rings. The van der Waals surface area contributed by atoms with E-state index in [1.54, 1.807) is 29.7 Å². The van der Waals surface area contributed by atoms with E-state index in [0.717, 1.165) is 11.8 Å². The molecule has 0 aliphatic heterocycles. The molecule has 9 heteroatoms. The zero-order chi connectivity index (χ0) is 19.3. The Labute approximate surface area is 160 Å². The van der Waals surface area contributed by atoms with Crippen LogP contribution in [0.4, 0.5) is 0 Å². The first-order valence-corrected chi connectivity index (χ1v) is 9.57. The monoisotopic (exact) mass is 396 g/mol. The Morgan fingerprint density at radius 2 is 2.00 bits per heavy atom. The molecule has 0 spiro atoms. The summed E-state index contributed by atoms with van der Waals surface area (Å²) < 4.78 is 1.55. The van der Waals surface area contributed by atoms with Crippen molar-refractivity contribution in [1.29, 1.82) is 0 Å². The van der Waals surface area contributed by atoms with E-state index >= 15 is 0 Å². The maximum absolute atomic E-state index is 12.7. The number of thioether (sulfide) groups is 1. The Morgan fingerprint density at radius 3 is 2.65 bits per heavy atom. The highest BCUT2D eigenvalue weighted by Crippen LogP contribution is 2.22. The van der Waals surface area contributed by atoms with E-state index in [-0.39, 0.29) is 35.7 Å². The molecular weight excluding hydrogens is 376 g/mol. The number of aromatic nitrogens is 2. The maximum atomic E-state index is 12.7. The number of likely N-dealkylation sites (N-methyl/N-ethyl adjacent to an activating group) is 1. The van der Waals surface area contributed by atoms with Crippen LogP contribution >= 0.6 is 23.4 Å². The lowest BCUT2D eigenvalue weighted by Crippen LogP contribution is -2.37. The molecule has 0 aliphatic carbocycles. The molecule has 2 rings (SSSR count). The molecule has 0 unspecified atom stereocenters. The third-order valence-corrected chi connectivity index (χ3v) is 4.69. The van der Waals surface area contributed by atoms with Crippen LogP contribution in [0.25, 0.3) is 10.9 Å². The highest BCUT2D eigenvalue weighted by atomic mass is 35.5. The smallest absolute Gasteiger partial charge is 0.262 e. The van der Waals surface area contributed by atoms with Crippen LogP contribution in [0.2, 0.25) is 5.02 Å². The first-order valence-electron chi connectivity index (χ1n) is 8.21. The van der Waals surface area contributed by atoms with Crippen molar-refractivity contribution in [3.63, 3.8) is 0 Å². The van der Waals surface area contributed by atoms with Gasteiger partial charge in [-0.25, -0.2) is 4.98 Å². The van der Waals surface area contributed by atoms with Crippen LogP contribution in [0, 0.1) is 0 Å². The van der Waals surface area contributed by atoms with Crippen molar-refractivity contribution in [2.45, 2.75) is 32.0 Å². The molecule has 2 N–H and O–H groups in total. The molecule has 2 amide bonds. The molecule has 0 saturated carbocycles. The minimum absolute atomic E-state index is 0.0463. The van der Waals surface area contributed by atoms with E-state index in [9.17, 15) is 14.4 Å². The van der Waals surface area contributed by atoms with E-state index in [0.29, 0.717) is 27.6 Å². The van der Waals surface area contributed by atoms with Gasteiger partial charge in [0.15, 0.2) is 5.16 Å². The fraction of sp³-hybridized carbons (Fsp3) is 0.412. The number of benzene rings is 1. The average Bonchev–Trinajstić information content (AvgIpc) is 2.57. The Bertz CT molecular complexity index is 882. The third-order valence-electron chi connectivity index (χ3n) is 3.50. The van der Waals surface area contributed by atoms with Gasteiger partial charge in [-0.3, -0.25) is 19.0 Å². The lowest BCUT2D eigenvalue weighted by molar-refractivity contribution is -0.124. The molecule has 0 atom stereocenters. The van der Waals surface area contributed by atoms with Crippen molar-refractivity contribution >= 4 is 46.1 Å². The topological polar surface area (TPSA) is 93.1 Å². The predicted octanol–water partition coefficient (Wildman–Crippen LogP) is 1.98. The van der Waals surface area contributed by atoms with E-state index in [1.807, 2.05) is 13.8 Å². The number of nitrogens with one attached hydrogen (secondary N) is 2. The van der Waals surface area contributed by atoms with Crippen molar-refractivity contribution in [3.05, 3.63) is 33.6 Å². The first kappa shape index (κ1) is 20.3. The Hall–Kier alpha value is -2.06. The summed E-state index contributed by atoms with van der Waals surface area (Å²) in [6.45, 7) is 5.99. The highest BCUT2D eigenvalue weighted by Gasteiger charge is 2.16. The molecular formula is C17H21ClN4O3S. The van der Waals surface area contributed by atoms with Crippen molar-refractivity contribution in [1.82, 2.24) is 20.2 Å². The number of fused-ring (bicyclic) bond motifs is 1. The minimum atomic E-state index is -0.308. The van der Waals surface area contributed by atoms with Gasteiger partial charge in [-0.1, -0.05) is 23.4 Å². The summed E-state index contributed by atoms with van der Waals surface area (Å²) in [4.78, 5) is 40.6. The van der Waals surface area contributed by atoms with Gasteiger partial charge in [0.2, 0.25) is 11.8 Å². The Morgan fingerprint density at radius 1 is 1.27 bits per heavy atom. The van der Waals surface area contributed by atoms with E-state index < -0.39 is 0 Å². The van der Waals surface area contributed by atoms with Crippen molar-refractivity contribution in [2.75, 3.05) is 18.8 Å². The Balaban J connectivity index is 2.20. The number of amides is 2. The van der Waals surface area contributed by atoms with E-state index in [1.165, 1.54) is 0 Å². The lowest BCUT2D eigenvalue weighted by atomic mass is 10.2. The zero-order valence-electron chi connectivity index (χ0n) is 14.8. The molecule has 1 aromatic heterocycles. The summed E-state index contributed by atoms with van der Waals surface area (Å²) >= 11 is 7.14. The normalized spacial score (nSPS) is 11.0. The molecule has 2 aromatic rings. The molecule has 140 valence electrons.